The molecule has 29 heavy (non-hydrogen) atoms. The maximum absolute atomic E-state index is 14.1. The summed E-state index contributed by atoms with van der Waals surface area (Å²) in [5, 5.41) is 4.30. The smallest absolute Gasteiger partial charge is 0.308 e. The van der Waals surface area contributed by atoms with Crippen molar-refractivity contribution in [2.24, 2.45) is 0 Å². The van der Waals surface area contributed by atoms with Crippen molar-refractivity contribution >= 4 is 34.1 Å². The highest BCUT2D eigenvalue weighted by atomic mass is 32.1. The second-order valence-corrected chi connectivity index (χ2v) is 7.30. The topological polar surface area (TPSA) is 93.0 Å². The maximum atomic E-state index is 14.1. The molecule has 3 aromatic rings. The van der Waals surface area contributed by atoms with E-state index in [1.165, 1.54) is 29.4 Å². The second kappa shape index (κ2) is 7.63. The molecule has 0 radical (unpaired) electrons. The van der Waals surface area contributed by atoms with E-state index >= 15 is 0 Å². The van der Waals surface area contributed by atoms with Gasteiger partial charge in [-0.2, -0.15) is 0 Å². The van der Waals surface area contributed by atoms with Gasteiger partial charge in [0.1, 0.15) is 17.6 Å². The lowest BCUT2D eigenvalue weighted by Gasteiger charge is -2.34. The van der Waals surface area contributed by atoms with E-state index < -0.39 is 29.6 Å². The Hall–Kier alpha value is -3.27. The van der Waals surface area contributed by atoms with Crippen LogP contribution < -0.4 is 5.32 Å². The average Bonchev–Trinajstić information content (AvgIpc) is 3.30. The normalized spacial score (nSPS) is 16.7. The largest absolute Gasteiger partial charge is 0.469 e. The van der Waals surface area contributed by atoms with Crippen molar-refractivity contribution < 1.29 is 23.5 Å². The van der Waals surface area contributed by atoms with Gasteiger partial charge in [0.05, 0.1) is 19.2 Å². The number of fused-ring (bicyclic) bond motifs is 1. The van der Waals surface area contributed by atoms with Gasteiger partial charge in [-0.25, -0.2) is 9.37 Å². The highest BCUT2D eigenvalue weighted by molar-refractivity contribution is 7.15. The SMILES string of the molecule is COC(=O)C[C@@H]1C(=O)NCCN1C(=O)c1csc2nc(-c3ccccc3F)cn12. The lowest BCUT2D eigenvalue weighted by Crippen LogP contribution is -2.58. The zero-order chi connectivity index (χ0) is 20.5. The number of methoxy groups -OCH3 is 1. The Morgan fingerprint density at radius 2 is 2.17 bits per heavy atom. The highest BCUT2D eigenvalue weighted by Crippen LogP contribution is 2.26. The first-order chi connectivity index (χ1) is 14.0. The molecule has 1 N–H and O–H groups in total. The van der Waals surface area contributed by atoms with Crippen LogP contribution in [0.4, 0.5) is 4.39 Å². The first kappa shape index (κ1) is 19.1. The van der Waals surface area contributed by atoms with Crippen molar-refractivity contribution in [3.05, 3.63) is 47.4 Å². The molecule has 1 aliphatic heterocycles. The van der Waals surface area contributed by atoms with E-state index in [-0.39, 0.29) is 13.0 Å². The number of hydrogen-bond donors (Lipinski definition) is 1. The zero-order valence-electron chi connectivity index (χ0n) is 15.4. The molecule has 2 aromatic heterocycles. The summed E-state index contributed by atoms with van der Waals surface area (Å²) in [5.74, 6) is -1.79. The van der Waals surface area contributed by atoms with E-state index in [0.717, 1.165) is 0 Å². The minimum atomic E-state index is -0.951. The zero-order valence-corrected chi connectivity index (χ0v) is 16.2. The lowest BCUT2D eigenvalue weighted by molar-refractivity contribution is -0.145. The number of halogens is 1. The third-order valence-corrected chi connectivity index (χ3v) is 5.60. The molecular formula is C19H17FN4O4S. The number of benzene rings is 1. The Kier molecular flexibility index (Phi) is 5.01. The molecule has 0 saturated carbocycles. The van der Waals surface area contributed by atoms with Crippen LogP contribution in [0.15, 0.2) is 35.8 Å². The maximum Gasteiger partial charge on any atom is 0.308 e. The number of carbonyl (C=O) groups is 3. The van der Waals surface area contributed by atoms with Gasteiger partial charge in [0.15, 0.2) is 4.96 Å². The fraction of sp³-hybridized carbons (Fsp3) is 0.263. The van der Waals surface area contributed by atoms with Crippen molar-refractivity contribution in [1.29, 1.82) is 0 Å². The molecule has 1 atom stereocenters. The van der Waals surface area contributed by atoms with Crippen LogP contribution >= 0.6 is 11.3 Å². The monoisotopic (exact) mass is 416 g/mol. The van der Waals surface area contributed by atoms with Crippen LogP contribution in [-0.2, 0) is 14.3 Å². The second-order valence-electron chi connectivity index (χ2n) is 6.47. The van der Waals surface area contributed by atoms with Gasteiger partial charge in [0.2, 0.25) is 5.91 Å². The quantitative estimate of drug-likeness (QED) is 0.654. The number of amides is 2. The first-order valence-electron chi connectivity index (χ1n) is 8.86. The summed E-state index contributed by atoms with van der Waals surface area (Å²) in [4.78, 5) is 43.4. The predicted octanol–water partition coefficient (Wildman–Crippen LogP) is 1.71. The summed E-state index contributed by atoms with van der Waals surface area (Å²) in [6.45, 7) is 0.554. The number of thiazole rings is 1. The van der Waals surface area contributed by atoms with E-state index in [9.17, 15) is 18.8 Å². The summed E-state index contributed by atoms with van der Waals surface area (Å²) in [6.07, 6.45) is 1.36. The third-order valence-electron chi connectivity index (χ3n) is 4.76. The van der Waals surface area contributed by atoms with Crippen LogP contribution in [0.3, 0.4) is 0 Å². The van der Waals surface area contributed by atoms with Gasteiger partial charge in [-0.3, -0.25) is 18.8 Å². The Morgan fingerprint density at radius 3 is 2.93 bits per heavy atom. The van der Waals surface area contributed by atoms with Crippen molar-refractivity contribution in [2.45, 2.75) is 12.5 Å². The molecule has 0 unspecified atom stereocenters. The van der Waals surface area contributed by atoms with Gasteiger partial charge in [-0.15, -0.1) is 11.3 Å². The molecule has 1 fully saturated rings. The molecule has 0 bridgehead atoms. The molecule has 8 nitrogen and oxygen atoms in total. The van der Waals surface area contributed by atoms with Crippen LogP contribution in [0.1, 0.15) is 16.9 Å². The number of rotatable bonds is 4. The molecule has 150 valence electrons. The number of esters is 1. The Balaban J connectivity index is 1.68. The summed E-state index contributed by atoms with van der Waals surface area (Å²) in [7, 11) is 1.23. The molecule has 1 saturated heterocycles. The number of piperazine rings is 1. The van der Waals surface area contributed by atoms with Gasteiger partial charge in [0.25, 0.3) is 5.91 Å². The number of nitrogens with one attached hydrogen (secondary N) is 1. The minimum Gasteiger partial charge on any atom is -0.469 e. The Morgan fingerprint density at radius 1 is 1.38 bits per heavy atom. The Labute approximate surface area is 168 Å². The number of carbonyl (C=O) groups excluding carboxylic acids is 3. The summed E-state index contributed by atoms with van der Waals surface area (Å²) in [5.41, 5.74) is 1.04. The van der Waals surface area contributed by atoms with Crippen LogP contribution in [0.25, 0.3) is 16.2 Å². The molecule has 10 heteroatoms. The van der Waals surface area contributed by atoms with E-state index in [2.05, 4.69) is 15.0 Å². The van der Waals surface area contributed by atoms with Crippen LogP contribution in [-0.4, -0.2) is 58.3 Å². The number of nitrogens with zero attached hydrogens (tertiary/aromatic N) is 3. The lowest BCUT2D eigenvalue weighted by atomic mass is 10.1. The van der Waals surface area contributed by atoms with Gasteiger partial charge in [-0.05, 0) is 12.1 Å². The molecule has 1 aliphatic rings. The van der Waals surface area contributed by atoms with Crippen LogP contribution in [0, 0.1) is 5.82 Å². The van der Waals surface area contributed by atoms with E-state index in [0.29, 0.717) is 28.5 Å². The van der Waals surface area contributed by atoms with E-state index in [4.69, 9.17) is 0 Å². The van der Waals surface area contributed by atoms with Crippen molar-refractivity contribution in [3.8, 4) is 11.3 Å². The number of imidazole rings is 1. The fourth-order valence-corrected chi connectivity index (χ4v) is 4.13. The average molecular weight is 416 g/mol. The summed E-state index contributed by atoms with van der Waals surface area (Å²) in [6, 6.07) is 5.31. The Bertz CT molecular complexity index is 1110. The van der Waals surface area contributed by atoms with E-state index in [1.807, 2.05) is 0 Å². The van der Waals surface area contributed by atoms with Crippen LogP contribution in [0.5, 0.6) is 0 Å². The number of hydrogen-bond acceptors (Lipinski definition) is 6. The van der Waals surface area contributed by atoms with Gasteiger partial charge in [-0.1, -0.05) is 12.1 Å². The van der Waals surface area contributed by atoms with Crippen molar-refractivity contribution in [1.82, 2.24) is 19.6 Å². The van der Waals surface area contributed by atoms with Crippen molar-refractivity contribution in [3.63, 3.8) is 0 Å². The molecular weight excluding hydrogens is 399 g/mol. The standard InChI is InChI=1S/C19H17FN4O4S/c1-28-16(25)8-14-17(26)21-6-7-23(14)18(27)15-10-29-19-22-13(9-24(15)19)11-4-2-3-5-12(11)20/h2-5,9-10,14H,6-8H2,1H3,(H,21,26)/t14-/m1/s1. The number of ether oxygens (including phenoxy) is 1. The summed E-state index contributed by atoms with van der Waals surface area (Å²) >= 11 is 1.24. The van der Waals surface area contributed by atoms with Gasteiger partial charge >= 0.3 is 5.97 Å². The van der Waals surface area contributed by atoms with Gasteiger partial charge in [0, 0.05) is 30.2 Å². The molecule has 2 amide bonds. The van der Waals surface area contributed by atoms with Gasteiger partial charge < -0.3 is 15.0 Å². The summed E-state index contributed by atoms with van der Waals surface area (Å²) < 4.78 is 20.3. The molecule has 4 rings (SSSR count). The third kappa shape index (κ3) is 3.46. The predicted molar refractivity (Wildman–Crippen MR) is 103 cm³/mol. The molecule has 0 aliphatic carbocycles. The fourth-order valence-electron chi connectivity index (χ4n) is 3.29. The van der Waals surface area contributed by atoms with E-state index in [1.54, 1.807) is 34.2 Å². The molecule has 1 aromatic carbocycles. The minimum absolute atomic E-state index is 0.230. The molecule has 0 spiro atoms. The molecule has 3 heterocycles. The number of aromatic nitrogens is 2. The highest BCUT2D eigenvalue weighted by Gasteiger charge is 2.36. The van der Waals surface area contributed by atoms with Crippen molar-refractivity contribution in [2.75, 3.05) is 20.2 Å². The first-order valence-corrected chi connectivity index (χ1v) is 9.74. The van der Waals surface area contributed by atoms with Crippen LogP contribution in [0.2, 0.25) is 0 Å².